The van der Waals surface area contributed by atoms with Crippen molar-refractivity contribution < 1.29 is 4.79 Å². The molecule has 0 radical (unpaired) electrons. The fourth-order valence-electron chi connectivity index (χ4n) is 3.45. The Kier molecular flexibility index (Phi) is 3.09. The smallest absolute Gasteiger partial charge is 0.234 e. The zero-order chi connectivity index (χ0) is 13.5. The fraction of sp³-hybridized carbons (Fsp3) is 0.562. The number of hydrogen-bond acceptors (Lipinski definition) is 2. The number of amides is 1. The molecule has 3 heteroatoms. The molecule has 3 nitrogen and oxygen atoms in total. The Balaban J connectivity index is 1.93. The third kappa shape index (κ3) is 1.88. The van der Waals surface area contributed by atoms with Crippen LogP contribution in [0.1, 0.15) is 25.8 Å². The van der Waals surface area contributed by atoms with Gasteiger partial charge in [-0.2, -0.15) is 0 Å². The highest BCUT2D eigenvalue weighted by Gasteiger charge is 2.47. The van der Waals surface area contributed by atoms with Crippen LogP contribution < -0.4 is 10.2 Å². The van der Waals surface area contributed by atoms with Crippen molar-refractivity contribution >= 4 is 11.6 Å². The number of carbonyl (C=O) groups is 1. The molecule has 0 spiro atoms. The Morgan fingerprint density at radius 1 is 1.37 bits per heavy atom. The lowest BCUT2D eigenvalue weighted by Gasteiger charge is -2.35. The van der Waals surface area contributed by atoms with Crippen LogP contribution in [0.25, 0.3) is 0 Å². The monoisotopic (exact) mass is 258 g/mol. The van der Waals surface area contributed by atoms with Gasteiger partial charge in [-0.15, -0.1) is 0 Å². The van der Waals surface area contributed by atoms with Gasteiger partial charge in [0, 0.05) is 18.8 Å². The molecule has 1 saturated heterocycles. The fourth-order valence-corrected chi connectivity index (χ4v) is 3.45. The molecule has 1 unspecified atom stereocenters. The Morgan fingerprint density at radius 2 is 2.16 bits per heavy atom. The summed E-state index contributed by atoms with van der Waals surface area (Å²) < 4.78 is 0. The predicted molar refractivity (Wildman–Crippen MR) is 77.3 cm³/mol. The molecule has 0 aliphatic carbocycles. The number of nitrogens with zero attached hydrogens (tertiary/aromatic N) is 1. The van der Waals surface area contributed by atoms with Gasteiger partial charge >= 0.3 is 0 Å². The van der Waals surface area contributed by atoms with Crippen molar-refractivity contribution in [3.05, 3.63) is 29.8 Å². The van der Waals surface area contributed by atoms with Gasteiger partial charge in [0.15, 0.2) is 0 Å². The topological polar surface area (TPSA) is 32.3 Å². The van der Waals surface area contributed by atoms with Crippen molar-refractivity contribution in [1.82, 2.24) is 5.32 Å². The van der Waals surface area contributed by atoms with Gasteiger partial charge in [0.1, 0.15) is 0 Å². The van der Waals surface area contributed by atoms with Gasteiger partial charge in [-0.1, -0.05) is 32.0 Å². The van der Waals surface area contributed by atoms with Crippen LogP contribution in [0.5, 0.6) is 0 Å². The first-order valence-electron chi connectivity index (χ1n) is 7.26. The average molecular weight is 258 g/mol. The minimum Gasteiger partial charge on any atom is -0.316 e. The van der Waals surface area contributed by atoms with Crippen LogP contribution >= 0.6 is 0 Å². The summed E-state index contributed by atoms with van der Waals surface area (Å²) in [6.45, 7) is 6.97. The highest BCUT2D eigenvalue weighted by molar-refractivity contribution is 5.99. The molecule has 19 heavy (non-hydrogen) atoms. The van der Waals surface area contributed by atoms with Gasteiger partial charge in [-0.05, 0) is 36.9 Å². The second-order valence-corrected chi connectivity index (χ2v) is 6.07. The summed E-state index contributed by atoms with van der Waals surface area (Å²) in [5, 5.41) is 3.38. The molecule has 3 rings (SSSR count). The number of nitrogens with one attached hydrogen (secondary N) is 1. The first-order valence-corrected chi connectivity index (χ1v) is 7.26. The maximum atomic E-state index is 13.1. The summed E-state index contributed by atoms with van der Waals surface area (Å²) in [7, 11) is 0. The van der Waals surface area contributed by atoms with Crippen molar-refractivity contribution in [2.75, 3.05) is 24.5 Å². The molecule has 1 N–H and O–H groups in total. The van der Waals surface area contributed by atoms with E-state index in [2.05, 4.69) is 37.4 Å². The molecule has 1 amide bonds. The minimum atomic E-state index is -0.211. The Bertz CT molecular complexity index is 489. The first kappa shape index (κ1) is 12.7. The molecule has 1 aromatic carbocycles. The van der Waals surface area contributed by atoms with Crippen LogP contribution in [0.4, 0.5) is 5.69 Å². The summed E-state index contributed by atoms with van der Waals surface area (Å²) >= 11 is 0. The van der Waals surface area contributed by atoms with E-state index in [1.165, 1.54) is 5.56 Å². The van der Waals surface area contributed by atoms with E-state index in [0.29, 0.717) is 11.8 Å². The third-order valence-electron chi connectivity index (χ3n) is 4.85. The second-order valence-electron chi connectivity index (χ2n) is 6.07. The number of para-hydroxylation sites is 1. The quantitative estimate of drug-likeness (QED) is 0.882. The van der Waals surface area contributed by atoms with Crippen LogP contribution in [0.2, 0.25) is 0 Å². The Labute approximate surface area is 115 Å². The van der Waals surface area contributed by atoms with Crippen LogP contribution in [-0.2, 0) is 11.2 Å². The van der Waals surface area contributed by atoms with Crippen molar-refractivity contribution in [2.24, 2.45) is 11.3 Å². The molecular formula is C16H22N2O. The minimum absolute atomic E-state index is 0.211. The lowest BCUT2D eigenvalue weighted by Crippen LogP contribution is -2.48. The molecule has 2 aliphatic rings. The van der Waals surface area contributed by atoms with Crippen molar-refractivity contribution in [1.29, 1.82) is 0 Å². The molecule has 1 fully saturated rings. The second kappa shape index (κ2) is 4.64. The van der Waals surface area contributed by atoms with E-state index in [0.717, 1.165) is 38.2 Å². The normalized spacial score (nSPS) is 25.9. The highest BCUT2D eigenvalue weighted by Crippen LogP contribution is 2.39. The first-order chi connectivity index (χ1) is 9.15. The number of anilines is 1. The summed E-state index contributed by atoms with van der Waals surface area (Å²) in [6.07, 6.45) is 1.95. The molecule has 102 valence electrons. The van der Waals surface area contributed by atoms with Crippen LogP contribution in [-0.4, -0.2) is 25.5 Å². The third-order valence-corrected chi connectivity index (χ3v) is 4.85. The molecule has 0 saturated carbocycles. The standard InChI is InChI=1S/C16H22N2O/c1-12(2)16(8-9-17-11-16)15(19)18-10-7-13-5-3-4-6-14(13)18/h3-6,12,17H,7-11H2,1-2H3. The van der Waals surface area contributed by atoms with E-state index >= 15 is 0 Å². The van der Waals surface area contributed by atoms with Gasteiger partial charge in [-0.3, -0.25) is 4.79 Å². The van der Waals surface area contributed by atoms with Crippen LogP contribution in [0, 0.1) is 11.3 Å². The van der Waals surface area contributed by atoms with Crippen LogP contribution in [0.15, 0.2) is 24.3 Å². The van der Waals surface area contributed by atoms with Crippen molar-refractivity contribution in [3.63, 3.8) is 0 Å². The van der Waals surface area contributed by atoms with Crippen LogP contribution in [0.3, 0.4) is 0 Å². The maximum absolute atomic E-state index is 13.1. The summed E-state index contributed by atoms with van der Waals surface area (Å²) in [6, 6.07) is 8.30. The molecule has 0 aromatic heterocycles. The average Bonchev–Trinajstić information content (AvgIpc) is 3.06. The SMILES string of the molecule is CC(C)C1(C(=O)N2CCc3ccccc32)CCNC1. The summed E-state index contributed by atoms with van der Waals surface area (Å²) in [5.74, 6) is 0.695. The van der Waals surface area contributed by atoms with Crippen molar-refractivity contribution in [3.8, 4) is 0 Å². The molecule has 1 aromatic rings. The number of rotatable bonds is 2. The van der Waals surface area contributed by atoms with Gasteiger partial charge < -0.3 is 10.2 Å². The van der Waals surface area contributed by atoms with E-state index in [1.54, 1.807) is 0 Å². The summed E-state index contributed by atoms with van der Waals surface area (Å²) in [5.41, 5.74) is 2.22. The van der Waals surface area contributed by atoms with E-state index in [-0.39, 0.29) is 5.41 Å². The zero-order valence-electron chi connectivity index (χ0n) is 11.8. The summed E-state index contributed by atoms with van der Waals surface area (Å²) in [4.78, 5) is 15.1. The molecule has 2 heterocycles. The van der Waals surface area contributed by atoms with Crippen molar-refractivity contribution in [2.45, 2.75) is 26.7 Å². The molecular weight excluding hydrogens is 236 g/mol. The van der Waals surface area contributed by atoms with Gasteiger partial charge in [0.05, 0.1) is 5.41 Å². The Hall–Kier alpha value is -1.35. The van der Waals surface area contributed by atoms with Gasteiger partial charge in [0.2, 0.25) is 5.91 Å². The lowest BCUT2D eigenvalue weighted by molar-refractivity contribution is -0.129. The molecule has 1 atom stereocenters. The molecule has 0 bridgehead atoms. The number of fused-ring (bicyclic) bond motifs is 1. The lowest BCUT2D eigenvalue weighted by atomic mass is 9.75. The van der Waals surface area contributed by atoms with Gasteiger partial charge in [-0.25, -0.2) is 0 Å². The van der Waals surface area contributed by atoms with E-state index in [1.807, 2.05) is 11.0 Å². The van der Waals surface area contributed by atoms with E-state index in [4.69, 9.17) is 0 Å². The van der Waals surface area contributed by atoms with Gasteiger partial charge in [0.25, 0.3) is 0 Å². The Morgan fingerprint density at radius 3 is 2.84 bits per heavy atom. The largest absolute Gasteiger partial charge is 0.316 e. The van der Waals surface area contributed by atoms with E-state index in [9.17, 15) is 4.79 Å². The maximum Gasteiger partial charge on any atom is 0.234 e. The number of carbonyl (C=O) groups excluding carboxylic acids is 1. The number of benzene rings is 1. The predicted octanol–water partition coefficient (Wildman–Crippen LogP) is 2.21. The number of hydrogen-bond donors (Lipinski definition) is 1. The van der Waals surface area contributed by atoms with E-state index < -0.39 is 0 Å². The highest BCUT2D eigenvalue weighted by atomic mass is 16.2. The zero-order valence-corrected chi connectivity index (χ0v) is 11.8. The molecule has 2 aliphatic heterocycles.